The van der Waals surface area contributed by atoms with Gasteiger partial charge in [0.1, 0.15) is 5.82 Å². The molecule has 5 nitrogen and oxygen atoms in total. The van der Waals surface area contributed by atoms with Crippen molar-refractivity contribution in [1.29, 1.82) is 0 Å². The van der Waals surface area contributed by atoms with Crippen LogP contribution in [0.15, 0.2) is 69.6 Å². The fourth-order valence-electron chi connectivity index (χ4n) is 3.42. The van der Waals surface area contributed by atoms with Crippen molar-refractivity contribution in [2.45, 2.75) is 13.0 Å². The molecule has 0 radical (unpaired) electrons. The molecule has 0 spiro atoms. The second-order valence-electron chi connectivity index (χ2n) is 6.62. The van der Waals surface area contributed by atoms with Gasteiger partial charge in [0.15, 0.2) is 4.80 Å². The monoisotopic (exact) mass is 442 g/mol. The van der Waals surface area contributed by atoms with E-state index in [2.05, 4.69) is 4.99 Å². The summed E-state index contributed by atoms with van der Waals surface area (Å²) in [5, 5.41) is 0.201. The lowest BCUT2D eigenvalue weighted by atomic mass is 9.96. The summed E-state index contributed by atoms with van der Waals surface area (Å²) in [6, 6.07) is 12.8. The van der Waals surface area contributed by atoms with Gasteiger partial charge in [0.2, 0.25) is 0 Å². The van der Waals surface area contributed by atoms with Gasteiger partial charge < -0.3 is 4.74 Å². The van der Waals surface area contributed by atoms with Crippen LogP contribution in [-0.2, 0) is 9.53 Å². The lowest BCUT2D eigenvalue weighted by molar-refractivity contribution is -0.136. The second kappa shape index (κ2) is 8.01. The number of aromatic nitrogens is 1. The smallest absolute Gasteiger partial charge is 0.338 e. The molecule has 1 aliphatic heterocycles. The van der Waals surface area contributed by atoms with E-state index in [-0.39, 0.29) is 26.3 Å². The molecule has 1 aliphatic rings. The molecule has 2 aromatic carbocycles. The Labute approximate surface area is 180 Å². The van der Waals surface area contributed by atoms with Crippen molar-refractivity contribution in [3.8, 4) is 0 Å². The summed E-state index contributed by atoms with van der Waals surface area (Å²) in [5.41, 5.74) is 1.23. The first kappa shape index (κ1) is 20.3. The number of ether oxygens (including phenoxy) is 1. The lowest BCUT2D eigenvalue weighted by Gasteiger charge is -2.24. The highest BCUT2D eigenvalue weighted by Crippen LogP contribution is 2.30. The Morgan fingerprint density at radius 1 is 1.23 bits per heavy atom. The number of hydrogen-bond acceptors (Lipinski definition) is 5. The molecule has 8 heteroatoms. The third-order valence-electron chi connectivity index (χ3n) is 4.82. The van der Waals surface area contributed by atoms with Gasteiger partial charge in [0, 0.05) is 5.56 Å². The summed E-state index contributed by atoms with van der Waals surface area (Å²) >= 11 is 7.24. The minimum atomic E-state index is -0.701. The van der Waals surface area contributed by atoms with Gasteiger partial charge in [-0.2, -0.15) is 0 Å². The standard InChI is InChI=1S/C22H16ClFN2O3S/c1-12-18(21(28)29-2)19(13-7-4-3-5-8-13)26-20(27)17(30-22(26)25-12)11-14-15(23)9-6-10-16(14)24/h3-11,19H,1-2H3/b17-11-. The van der Waals surface area contributed by atoms with E-state index in [4.69, 9.17) is 16.3 Å². The van der Waals surface area contributed by atoms with Gasteiger partial charge in [-0.15, -0.1) is 0 Å². The molecule has 30 heavy (non-hydrogen) atoms. The zero-order valence-corrected chi connectivity index (χ0v) is 17.6. The number of rotatable bonds is 3. The average molecular weight is 443 g/mol. The number of fused-ring (bicyclic) bond motifs is 1. The van der Waals surface area contributed by atoms with Crippen molar-refractivity contribution < 1.29 is 13.9 Å². The molecule has 0 amide bonds. The number of allylic oxidation sites excluding steroid dienone is 1. The van der Waals surface area contributed by atoms with E-state index in [1.807, 2.05) is 30.3 Å². The molecule has 1 unspecified atom stereocenters. The van der Waals surface area contributed by atoms with Gasteiger partial charge in [-0.05, 0) is 30.7 Å². The van der Waals surface area contributed by atoms with E-state index in [1.165, 1.54) is 29.9 Å². The van der Waals surface area contributed by atoms with E-state index in [1.54, 1.807) is 13.0 Å². The van der Waals surface area contributed by atoms with Crippen LogP contribution in [0, 0.1) is 5.82 Å². The molecule has 4 rings (SSSR count). The Morgan fingerprint density at radius 3 is 2.63 bits per heavy atom. The second-order valence-corrected chi connectivity index (χ2v) is 8.04. The first-order valence-electron chi connectivity index (χ1n) is 9.02. The fraction of sp³-hybridized carbons (Fsp3) is 0.136. The number of thiazole rings is 1. The summed E-state index contributed by atoms with van der Waals surface area (Å²) in [4.78, 5) is 30.7. The summed E-state index contributed by atoms with van der Waals surface area (Å²) < 4.78 is 20.9. The maximum atomic E-state index is 14.3. The summed E-state index contributed by atoms with van der Waals surface area (Å²) in [5.74, 6) is -1.09. The van der Waals surface area contributed by atoms with Crippen LogP contribution in [0.2, 0.25) is 5.02 Å². The highest BCUT2D eigenvalue weighted by atomic mass is 35.5. The van der Waals surface area contributed by atoms with Crippen LogP contribution in [0.1, 0.15) is 24.1 Å². The maximum absolute atomic E-state index is 14.3. The molecule has 1 aromatic heterocycles. The molecule has 152 valence electrons. The first-order chi connectivity index (χ1) is 14.4. The number of hydrogen-bond donors (Lipinski definition) is 0. The Kier molecular flexibility index (Phi) is 5.40. The van der Waals surface area contributed by atoms with Gasteiger partial charge >= 0.3 is 5.97 Å². The summed E-state index contributed by atoms with van der Waals surface area (Å²) in [7, 11) is 1.29. The van der Waals surface area contributed by atoms with E-state index >= 15 is 0 Å². The summed E-state index contributed by atoms with van der Waals surface area (Å²) in [6.07, 6.45) is 1.42. The van der Waals surface area contributed by atoms with E-state index in [9.17, 15) is 14.0 Å². The van der Waals surface area contributed by atoms with Crippen LogP contribution in [0.5, 0.6) is 0 Å². The SMILES string of the molecule is COC(=O)C1=C(C)N=c2s/c(=C\c3c(F)cccc3Cl)c(=O)n2C1c1ccccc1. The highest BCUT2D eigenvalue weighted by Gasteiger charge is 2.32. The van der Waals surface area contributed by atoms with Gasteiger partial charge in [-0.25, -0.2) is 14.2 Å². The largest absolute Gasteiger partial charge is 0.466 e. The predicted molar refractivity (Wildman–Crippen MR) is 114 cm³/mol. The highest BCUT2D eigenvalue weighted by molar-refractivity contribution is 7.07. The van der Waals surface area contributed by atoms with Crippen LogP contribution in [0.3, 0.4) is 0 Å². The fourth-order valence-corrected chi connectivity index (χ4v) is 4.67. The van der Waals surface area contributed by atoms with E-state index < -0.39 is 17.8 Å². The predicted octanol–water partition coefficient (Wildman–Crippen LogP) is 3.20. The quantitative estimate of drug-likeness (QED) is 0.585. The third kappa shape index (κ3) is 3.40. The molecule has 0 aliphatic carbocycles. The number of nitrogens with zero attached hydrogens (tertiary/aromatic N) is 2. The molecule has 0 saturated carbocycles. The number of methoxy groups -OCH3 is 1. The molecule has 1 atom stereocenters. The molecule has 3 aromatic rings. The van der Waals surface area contributed by atoms with Crippen LogP contribution in [-0.4, -0.2) is 17.6 Å². The molecule has 0 bridgehead atoms. The molecule has 2 heterocycles. The molecular formula is C22H16ClFN2O3S. The number of halogens is 2. The van der Waals surface area contributed by atoms with Gasteiger partial charge in [0.25, 0.3) is 5.56 Å². The Balaban J connectivity index is 2.01. The normalized spacial score (nSPS) is 16.3. The molecular weight excluding hydrogens is 427 g/mol. The zero-order valence-electron chi connectivity index (χ0n) is 16.1. The van der Waals surface area contributed by atoms with Crippen molar-refractivity contribution in [1.82, 2.24) is 4.57 Å². The van der Waals surface area contributed by atoms with Gasteiger partial charge in [-0.3, -0.25) is 9.36 Å². The Hall–Kier alpha value is -3.03. The Morgan fingerprint density at radius 2 is 1.97 bits per heavy atom. The number of carbonyl (C=O) groups excluding carboxylic acids is 1. The van der Waals surface area contributed by atoms with Crippen molar-refractivity contribution in [3.63, 3.8) is 0 Å². The topological polar surface area (TPSA) is 60.7 Å². The van der Waals surface area contributed by atoms with Crippen LogP contribution in [0.4, 0.5) is 4.39 Å². The molecule has 0 saturated heterocycles. The van der Waals surface area contributed by atoms with Crippen molar-refractivity contribution in [3.05, 3.63) is 101 Å². The first-order valence-corrected chi connectivity index (χ1v) is 10.2. The number of carbonyl (C=O) groups is 1. The maximum Gasteiger partial charge on any atom is 0.338 e. The summed E-state index contributed by atoms with van der Waals surface area (Å²) in [6.45, 7) is 1.70. The van der Waals surface area contributed by atoms with Crippen molar-refractivity contribution in [2.24, 2.45) is 4.99 Å². The zero-order chi connectivity index (χ0) is 21.4. The molecule has 0 fully saturated rings. The van der Waals surface area contributed by atoms with Crippen LogP contribution >= 0.6 is 22.9 Å². The van der Waals surface area contributed by atoms with E-state index in [0.29, 0.717) is 10.5 Å². The lowest BCUT2D eigenvalue weighted by Crippen LogP contribution is -2.39. The van der Waals surface area contributed by atoms with Crippen molar-refractivity contribution >= 4 is 35.0 Å². The number of esters is 1. The minimum Gasteiger partial charge on any atom is -0.466 e. The van der Waals surface area contributed by atoms with Crippen molar-refractivity contribution in [2.75, 3.05) is 7.11 Å². The minimum absolute atomic E-state index is 0.129. The Bertz CT molecular complexity index is 1340. The van der Waals surface area contributed by atoms with Crippen LogP contribution in [0.25, 0.3) is 6.08 Å². The van der Waals surface area contributed by atoms with Crippen LogP contribution < -0.4 is 14.9 Å². The third-order valence-corrected chi connectivity index (χ3v) is 6.13. The molecule has 0 N–H and O–H groups in total. The average Bonchev–Trinajstić information content (AvgIpc) is 3.04. The van der Waals surface area contributed by atoms with Gasteiger partial charge in [0.05, 0.1) is 34.0 Å². The van der Waals surface area contributed by atoms with E-state index in [0.717, 1.165) is 16.9 Å². The number of benzene rings is 2. The van der Waals surface area contributed by atoms with Gasteiger partial charge in [-0.1, -0.05) is 59.3 Å².